The third kappa shape index (κ3) is 3.78. The summed E-state index contributed by atoms with van der Waals surface area (Å²) >= 11 is 0. The molecule has 0 heterocycles. The van der Waals surface area contributed by atoms with Crippen molar-refractivity contribution in [2.24, 2.45) is 0 Å². The molecule has 3 heteroatoms. The summed E-state index contributed by atoms with van der Waals surface area (Å²) < 4.78 is 0. The van der Waals surface area contributed by atoms with E-state index in [-0.39, 0.29) is 0 Å². The van der Waals surface area contributed by atoms with Gasteiger partial charge >= 0.3 is 0 Å². The molecule has 0 unspecified atom stereocenters. The number of nitrogens with zero attached hydrogens (tertiary/aromatic N) is 2. The second-order valence-corrected chi connectivity index (χ2v) is 6.41. The zero-order chi connectivity index (χ0) is 17.7. The average molecular weight is 323 g/mol. The van der Waals surface area contributed by atoms with Crippen molar-refractivity contribution in [3.8, 4) is 0 Å². The van der Waals surface area contributed by atoms with Gasteiger partial charge in [-0.15, -0.1) is 0 Å². The van der Waals surface area contributed by atoms with Gasteiger partial charge in [0.15, 0.2) is 0 Å². The molecule has 0 fully saturated rings. The van der Waals surface area contributed by atoms with Gasteiger partial charge in [-0.1, -0.05) is 51.1 Å². The highest BCUT2D eigenvalue weighted by atomic mass is 15.4. The van der Waals surface area contributed by atoms with Crippen LogP contribution in [0.5, 0.6) is 0 Å². The van der Waals surface area contributed by atoms with E-state index in [0.717, 1.165) is 24.3 Å². The van der Waals surface area contributed by atoms with Crippen molar-refractivity contribution >= 4 is 17.3 Å². The van der Waals surface area contributed by atoms with E-state index in [2.05, 4.69) is 81.1 Å². The van der Waals surface area contributed by atoms with Crippen LogP contribution in [0.4, 0.5) is 11.4 Å². The van der Waals surface area contributed by atoms with Crippen LogP contribution in [0.25, 0.3) is 0 Å². The van der Waals surface area contributed by atoms with Crippen molar-refractivity contribution in [1.29, 1.82) is 5.41 Å². The lowest BCUT2D eigenvalue weighted by molar-refractivity contribution is 0.523. The lowest BCUT2D eigenvalue weighted by atomic mass is 10.00. The third-order valence-electron chi connectivity index (χ3n) is 4.42. The molecule has 0 spiro atoms. The van der Waals surface area contributed by atoms with Crippen molar-refractivity contribution in [1.82, 2.24) is 4.90 Å². The number of aryl methyl sites for hydroxylation is 1. The Morgan fingerprint density at radius 2 is 1.75 bits per heavy atom. The Labute approximate surface area is 146 Å². The van der Waals surface area contributed by atoms with Gasteiger partial charge in [0.25, 0.3) is 0 Å². The van der Waals surface area contributed by atoms with Gasteiger partial charge in [0.2, 0.25) is 5.96 Å². The second-order valence-electron chi connectivity index (χ2n) is 6.41. The van der Waals surface area contributed by atoms with Gasteiger partial charge < -0.3 is 4.90 Å². The van der Waals surface area contributed by atoms with Crippen LogP contribution in [-0.4, -0.2) is 24.5 Å². The van der Waals surface area contributed by atoms with Crippen LogP contribution in [0.1, 0.15) is 44.7 Å². The van der Waals surface area contributed by atoms with Gasteiger partial charge in [-0.25, -0.2) is 0 Å². The first kappa shape index (κ1) is 18.1. The molecular formula is C21H29N3. The minimum Gasteiger partial charge on any atom is -0.346 e. The maximum absolute atomic E-state index is 8.74. The first-order chi connectivity index (χ1) is 11.5. The number of para-hydroxylation sites is 1. The molecule has 0 aliphatic carbocycles. The van der Waals surface area contributed by atoms with Crippen molar-refractivity contribution < 1.29 is 0 Å². The fourth-order valence-corrected chi connectivity index (χ4v) is 2.79. The molecule has 1 N–H and O–H groups in total. The number of anilines is 2. The van der Waals surface area contributed by atoms with Crippen molar-refractivity contribution in [2.75, 3.05) is 18.5 Å². The number of nitrogens with one attached hydrogen (secondary N) is 1. The lowest BCUT2D eigenvalue weighted by Crippen LogP contribution is -2.39. The fraction of sp³-hybridized carbons (Fsp3) is 0.381. The van der Waals surface area contributed by atoms with E-state index in [0.29, 0.717) is 11.9 Å². The smallest absolute Gasteiger partial charge is 0.202 e. The molecule has 24 heavy (non-hydrogen) atoms. The van der Waals surface area contributed by atoms with Crippen LogP contribution >= 0.6 is 0 Å². The highest BCUT2D eigenvalue weighted by molar-refractivity contribution is 6.01. The van der Waals surface area contributed by atoms with Gasteiger partial charge in [-0.3, -0.25) is 10.3 Å². The Balaban J connectivity index is 2.61. The molecule has 3 nitrogen and oxygen atoms in total. The predicted molar refractivity (Wildman–Crippen MR) is 105 cm³/mol. The first-order valence-corrected chi connectivity index (χ1v) is 8.77. The first-order valence-electron chi connectivity index (χ1n) is 8.77. The molecule has 0 bridgehead atoms. The van der Waals surface area contributed by atoms with Gasteiger partial charge in [0.1, 0.15) is 0 Å². The van der Waals surface area contributed by atoms with E-state index in [9.17, 15) is 0 Å². The standard InChI is InChI=1S/C21H29N3/c1-6-17-11-10-12-18(15-17)24(21(22)23(5)7-2)20-14-9-8-13-19(20)16(3)4/h8-16,22H,6-7H2,1-5H3. The minimum absolute atomic E-state index is 0.401. The number of guanidine groups is 1. The van der Waals surface area contributed by atoms with Crippen molar-refractivity contribution in [3.63, 3.8) is 0 Å². The molecule has 128 valence electrons. The Bertz CT molecular complexity index is 691. The molecule has 0 atom stereocenters. The number of hydrogen-bond donors (Lipinski definition) is 1. The van der Waals surface area contributed by atoms with Crippen molar-refractivity contribution in [2.45, 2.75) is 40.0 Å². The van der Waals surface area contributed by atoms with Gasteiger partial charge in [0.05, 0.1) is 5.69 Å². The molecule has 0 saturated heterocycles. The monoisotopic (exact) mass is 323 g/mol. The van der Waals surface area contributed by atoms with E-state index in [1.165, 1.54) is 11.1 Å². The van der Waals surface area contributed by atoms with Gasteiger partial charge in [-0.2, -0.15) is 0 Å². The molecule has 0 aliphatic heterocycles. The highest BCUT2D eigenvalue weighted by Crippen LogP contribution is 2.33. The highest BCUT2D eigenvalue weighted by Gasteiger charge is 2.21. The van der Waals surface area contributed by atoms with Crippen molar-refractivity contribution in [3.05, 3.63) is 59.7 Å². The lowest BCUT2D eigenvalue weighted by Gasteiger charge is -2.33. The molecular weight excluding hydrogens is 294 g/mol. The van der Waals surface area contributed by atoms with Crippen LogP contribution in [0.3, 0.4) is 0 Å². The Hall–Kier alpha value is -2.29. The van der Waals surface area contributed by atoms with E-state index in [4.69, 9.17) is 5.41 Å². The number of rotatable bonds is 5. The normalized spacial score (nSPS) is 10.8. The number of hydrogen-bond acceptors (Lipinski definition) is 1. The molecule has 2 aromatic carbocycles. The van der Waals surface area contributed by atoms with E-state index >= 15 is 0 Å². The molecule has 2 rings (SSSR count). The summed E-state index contributed by atoms with van der Waals surface area (Å²) in [5, 5.41) is 8.74. The Morgan fingerprint density at radius 1 is 1.04 bits per heavy atom. The topological polar surface area (TPSA) is 30.3 Å². The molecule has 0 amide bonds. The summed E-state index contributed by atoms with van der Waals surface area (Å²) in [6.45, 7) is 9.43. The SMILES string of the molecule is CCc1cccc(N(C(=N)N(C)CC)c2ccccc2C(C)C)c1. The zero-order valence-corrected chi connectivity index (χ0v) is 15.5. The molecule has 2 aromatic rings. The van der Waals surface area contributed by atoms with Gasteiger partial charge in [0, 0.05) is 19.3 Å². The maximum Gasteiger partial charge on any atom is 0.202 e. The maximum atomic E-state index is 8.74. The van der Waals surface area contributed by atoms with Crippen LogP contribution in [0, 0.1) is 5.41 Å². The number of benzene rings is 2. The Kier molecular flexibility index (Phi) is 6.02. The minimum atomic E-state index is 0.401. The average Bonchev–Trinajstić information content (AvgIpc) is 2.61. The van der Waals surface area contributed by atoms with Crippen LogP contribution in [-0.2, 0) is 6.42 Å². The molecule has 0 aliphatic rings. The summed E-state index contributed by atoms with van der Waals surface area (Å²) in [7, 11) is 1.97. The zero-order valence-electron chi connectivity index (χ0n) is 15.5. The predicted octanol–water partition coefficient (Wildman–Crippen LogP) is 5.40. The van der Waals surface area contributed by atoms with Crippen LogP contribution < -0.4 is 4.90 Å². The molecule has 0 aromatic heterocycles. The summed E-state index contributed by atoms with van der Waals surface area (Å²) in [5.74, 6) is 0.900. The van der Waals surface area contributed by atoms with E-state index < -0.39 is 0 Å². The van der Waals surface area contributed by atoms with E-state index in [1.807, 2.05) is 11.9 Å². The van der Waals surface area contributed by atoms with Gasteiger partial charge in [-0.05, 0) is 48.6 Å². The molecule has 0 saturated carbocycles. The summed E-state index contributed by atoms with van der Waals surface area (Å²) in [6, 6.07) is 16.9. The quantitative estimate of drug-likeness (QED) is 0.590. The van der Waals surface area contributed by atoms with E-state index in [1.54, 1.807) is 0 Å². The largest absolute Gasteiger partial charge is 0.346 e. The second kappa shape index (κ2) is 8.00. The summed E-state index contributed by atoms with van der Waals surface area (Å²) in [6.07, 6.45) is 0.991. The molecule has 0 radical (unpaired) electrons. The third-order valence-corrected chi connectivity index (χ3v) is 4.42. The summed E-state index contributed by atoms with van der Waals surface area (Å²) in [5.41, 5.74) is 4.68. The van der Waals surface area contributed by atoms with Crippen LogP contribution in [0.15, 0.2) is 48.5 Å². The Morgan fingerprint density at radius 3 is 2.38 bits per heavy atom. The summed E-state index contributed by atoms with van der Waals surface area (Å²) in [4.78, 5) is 4.04. The van der Waals surface area contributed by atoms with Crippen LogP contribution in [0.2, 0.25) is 0 Å². The fourth-order valence-electron chi connectivity index (χ4n) is 2.79.